The van der Waals surface area contributed by atoms with E-state index in [-0.39, 0.29) is 11.9 Å². The summed E-state index contributed by atoms with van der Waals surface area (Å²) in [6.07, 6.45) is -3.99. The van der Waals surface area contributed by atoms with Gasteiger partial charge in [0.15, 0.2) is 0 Å². The third kappa shape index (κ3) is 3.58. The summed E-state index contributed by atoms with van der Waals surface area (Å²) in [6, 6.07) is 11.1. The molecule has 2 aromatic carbocycles. The predicted octanol–water partition coefficient (Wildman–Crippen LogP) is 4.16. The number of halogens is 4. The average Bonchev–Trinajstić information content (AvgIpc) is 2.94. The molecule has 0 saturated carbocycles. The second kappa shape index (κ2) is 6.62. The van der Waals surface area contributed by atoms with Crippen LogP contribution < -0.4 is 5.32 Å². The lowest BCUT2D eigenvalue weighted by atomic mass is 10.1. The van der Waals surface area contributed by atoms with Crippen LogP contribution in [0.5, 0.6) is 0 Å². The zero-order valence-electron chi connectivity index (χ0n) is 13.2. The van der Waals surface area contributed by atoms with E-state index in [4.69, 9.17) is 0 Å². The van der Waals surface area contributed by atoms with Crippen molar-refractivity contribution in [1.82, 2.24) is 4.57 Å². The number of amides is 1. The zero-order chi connectivity index (χ0) is 18.9. The van der Waals surface area contributed by atoms with Crippen molar-refractivity contribution in [2.45, 2.75) is 12.7 Å². The van der Waals surface area contributed by atoms with Crippen molar-refractivity contribution >= 4 is 28.3 Å². The quantitative estimate of drug-likeness (QED) is 0.558. The first-order valence-electron chi connectivity index (χ1n) is 7.50. The number of hydrogen-bond acceptors (Lipinski definition) is 2. The highest BCUT2D eigenvalue weighted by molar-refractivity contribution is 6.11. The fourth-order valence-corrected chi connectivity index (χ4v) is 2.60. The number of nitrogens with zero attached hydrogens (tertiary/aromatic N) is 1. The van der Waals surface area contributed by atoms with E-state index in [1.54, 1.807) is 6.07 Å². The third-order valence-corrected chi connectivity index (χ3v) is 3.73. The fourth-order valence-electron chi connectivity index (χ4n) is 2.60. The second-order valence-electron chi connectivity index (χ2n) is 5.57. The Morgan fingerprint density at radius 1 is 1.00 bits per heavy atom. The maximum absolute atomic E-state index is 12.9. The molecule has 26 heavy (non-hydrogen) atoms. The van der Waals surface area contributed by atoms with Crippen molar-refractivity contribution in [3.8, 4) is 0 Å². The van der Waals surface area contributed by atoms with Crippen molar-refractivity contribution < 1.29 is 27.2 Å². The molecule has 134 valence electrons. The van der Waals surface area contributed by atoms with Crippen LogP contribution in [0.4, 0.5) is 23.2 Å². The minimum Gasteiger partial charge on any atom is -0.337 e. The summed E-state index contributed by atoms with van der Waals surface area (Å²) in [7, 11) is 0. The molecule has 0 spiro atoms. The number of carbonyl (C=O) groups is 2. The summed E-state index contributed by atoms with van der Waals surface area (Å²) in [5.41, 5.74) is 0.163. The molecule has 1 amide bonds. The van der Waals surface area contributed by atoms with Crippen LogP contribution >= 0.6 is 0 Å². The number of hydrogen-bond donors (Lipinski definition) is 1. The second-order valence-corrected chi connectivity index (χ2v) is 5.57. The van der Waals surface area contributed by atoms with Crippen molar-refractivity contribution in [3.63, 3.8) is 0 Å². The molecule has 1 heterocycles. The number of alkyl halides is 3. The molecular formula is C18H12F4N2O2. The SMILES string of the molecule is O=C(Cn1cc(C(=O)C(F)(F)F)c2ccccc21)Nc1ccc(F)cc1. The first-order valence-corrected chi connectivity index (χ1v) is 7.50. The highest BCUT2D eigenvalue weighted by Gasteiger charge is 2.40. The molecule has 1 N–H and O–H groups in total. The van der Waals surface area contributed by atoms with Crippen LogP contribution in [0.25, 0.3) is 10.9 Å². The summed E-state index contributed by atoms with van der Waals surface area (Å²) in [5, 5.41) is 2.63. The highest BCUT2D eigenvalue weighted by Crippen LogP contribution is 2.28. The van der Waals surface area contributed by atoms with Crippen molar-refractivity contribution in [1.29, 1.82) is 0 Å². The molecule has 0 aliphatic carbocycles. The van der Waals surface area contributed by atoms with Crippen molar-refractivity contribution in [3.05, 3.63) is 66.1 Å². The van der Waals surface area contributed by atoms with Crippen LogP contribution in [-0.2, 0) is 11.3 Å². The molecule has 0 saturated heterocycles. The van der Waals surface area contributed by atoms with E-state index in [9.17, 15) is 27.2 Å². The van der Waals surface area contributed by atoms with Crippen molar-refractivity contribution in [2.75, 3.05) is 5.32 Å². The molecular weight excluding hydrogens is 352 g/mol. The minimum atomic E-state index is -5.01. The van der Waals surface area contributed by atoms with E-state index in [0.717, 1.165) is 6.20 Å². The Labute approximate surface area is 145 Å². The largest absolute Gasteiger partial charge is 0.454 e. The van der Waals surface area contributed by atoms with E-state index in [0.29, 0.717) is 11.2 Å². The van der Waals surface area contributed by atoms with E-state index < -0.39 is 29.2 Å². The number of fused-ring (bicyclic) bond motifs is 1. The van der Waals surface area contributed by atoms with Gasteiger partial charge in [0, 0.05) is 22.8 Å². The Balaban J connectivity index is 1.89. The third-order valence-electron chi connectivity index (χ3n) is 3.73. The van der Waals surface area contributed by atoms with Gasteiger partial charge >= 0.3 is 6.18 Å². The molecule has 0 bridgehead atoms. The standard InChI is InChI=1S/C18H12F4N2O2/c19-11-5-7-12(8-6-11)23-16(25)10-24-9-14(17(26)18(20,21)22)13-3-1-2-4-15(13)24/h1-9H,10H2,(H,23,25). The number of nitrogens with one attached hydrogen (secondary N) is 1. The maximum Gasteiger partial charge on any atom is 0.454 e. The summed E-state index contributed by atoms with van der Waals surface area (Å²) >= 11 is 0. The summed E-state index contributed by atoms with van der Waals surface area (Å²) in [6.45, 7) is -0.303. The van der Waals surface area contributed by atoms with E-state index in [1.165, 1.54) is 47.0 Å². The topological polar surface area (TPSA) is 51.1 Å². The van der Waals surface area contributed by atoms with Crippen molar-refractivity contribution in [2.24, 2.45) is 0 Å². The number of ketones is 1. The lowest BCUT2D eigenvalue weighted by molar-refractivity contribution is -0.116. The van der Waals surface area contributed by atoms with Crippen LogP contribution in [0.3, 0.4) is 0 Å². The molecule has 0 atom stereocenters. The molecule has 0 fully saturated rings. The Hall–Kier alpha value is -3.16. The van der Waals surface area contributed by atoms with Crippen LogP contribution in [0.1, 0.15) is 10.4 Å². The fraction of sp³-hybridized carbons (Fsp3) is 0.111. The summed E-state index contributed by atoms with van der Waals surface area (Å²) in [5.74, 6) is -2.95. The predicted molar refractivity (Wildman–Crippen MR) is 87.4 cm³/mol. The number of carbonyl (C=O) groups excluding carboxylic acids is 2. The molecule has 0 aliphatic heterocycles. The molecule has 0 unspecified atom stereocenters. The molecule has 8 heteroatoms. The Morgan fingerprint density at radius 2 is 1.65 bits per heavy atom. The molecule has 4 nitrogen and oxygen atoms in total. The van der Waals surface area contributed by atoms with Gasteiger partial charge in [-0.25, -0.2) is 4.39 Å². The maximum atomic E-state index is 12.9. The van der Waals surface area contributed by atoms with Crippen LogP contribution in [0.2, 0.25) is 0 Å². The van der Waals surface area contributed by atoms with E-state index in [1.807, 2.05) is 0 Å². The van der Waals surface area contributed by atoms with Gasteiger partial charge in [0.05, 0.1) is 5.56 Å². The zero-order valence-corrected chi connectivity index (χ0v) is 13.2. The van der Waals surface area contributed by atoms with Gasteiger partial charge < -0.3 is 9.88 Å². The molecule has 3 rings (SSSR count). The number of para-hydroxylation sites is 1. The number of aromatic nitrogens is 1. The van der Waals surface area contributed by atoms with Gasteiger partial charge in [-0.05, 0) is 30.3 Å². The van der Waals surface area contributed by atoms with Crippen LogP contribution in [-0.4, -0.2) is 22.4 Å². The minimum absolute atomic E-state index is 0.115. The van der Waals surface area contributed by atoms with Gasteiger partial charge in [0.2, 0.25) is 5.91 Å². The van der Waals surface area contributed by atoms with Gasteiger partial charge in [0.1, 0.15) is 12.4 Å². The van der Waals surface area contributed by atoms with Gasteiger partial charge in [-0.2, -0.15) is 13.2 Å². The molecule has 0 aliphatic rings. The summed E-state index contributed by atoms with van der Waals surface area (Å²) in [4.78, 5) is 23.8. The van der Waals surface area contributed by atoms with E-state index in [2.05, 4.69) is 5.32 Å². The lowest BCUT2D eigenvalue weighted by Crippen LogP contribution is -2.22. The average molecular weight is 364 g/mol. The van der Waals surface area contributed by atoms with Crippen LogP contribution in [0.15, 0.2) is 54.7 Å². The molecule has 0 radical (unpaired) electrons. The summed E-state index contributed by atoms with van der Waals surface area (Å²) < 4.78 is 52.5. The Kier molecular flexibility index (Phi) is 4.50. The number of rotatable bonds is 4. The molecule has 1 aromatic heterocycles. The van der Waals surface area contributed by atoms with Crippen LogP contribution in [0, 0.1) is 5.82 Å². The lowest BCUT2D eigenvalue weighted by Gasteiger charge is -2.07. The van der Waals surface area contributed by atoms with Gasteiger partial charge in [-0.15, -0.1) is 0 Å². The Morgan fingerprint density at radius 3 is 2.31 bits per heavy atom. The first-order chi connectivity index (χ1) is 12.3. The normalized spacial score (nSPS) is 11.5. The van der Waals surface area contributed by atoms with E-state index >= 15 is 0 Å². The monoisotopic (exact) mass is 364 g/mol. The number of anilines is 1. The van der Waals surface area contributed by atoms with Gasteiger partial charge in [0.25, 0.3) is 5.78 Å². The molecule has 3 aromatic rings. The first kappa shape index (κ1) is 17.7. The Bertz CT molecular complexity index is 975. The van der Waals surface area contributed by atoms with Gasteiger partial charge in [-0.3, -0.25) is 9.59 Å². The van der Waals surface area contributed by atoms with Gasteiger partial charge in [-0.1, -0.05) is 18.2 Å². The smallest absolute Gasteiger partial charge is 0.337 e. The highest BCUT2D eigenvalue weighted by atomic mass is 19.4. The number of Topliss-reactive ketones (excluding diaryl/α,β-unsaturated/α-hetero) is 1. The number of benzene rings is 2.